The second-order valence-corrected chi connectivity index (χ2v) is 5.33. The van der Waals surface area contributed by atoms with Gasteiger partial charge in [0, 0.05) is 24.0 Å². The molecular formula is C13H18BrNO2. The first-order chi connectivity index (χ1) is 8.19. The molecule has 2 unspecified atom stereocenters. The van der Waals surface area contributed by atoms with Crippen LogP contribution in [0.2, 0.25) is 0 Å². The van der Waals surface area contributed by atoms with Gasteiger partial charge in [0.1, 0.15) is 11.9 Å². The highest BCUT2D eigenvalue weighted by Gasteiger charge is 2.22. The van der Waals surface area contributed by atoms with E-state index in [0.717, 1.165) is 29.6 Å². The van der Waals surface area contributed by atoms with Crippen molar-refractivity contribution in [3.05, 3.63) is 28.2 Å². The minimum Gasteiger partial charge on any atom is -0.488 e. The van der Waals surface area contributed by atoms with Crippen LogP contribution in [0, 0.1) is 0 Å². The number of nitrogens with one attached hydrogen (secondary N) is 1. The topological polar surface area (TPSA) is 41.5 Å². The fourth-order valence-corrected chi connectivity index (χ4v) is 2.37. The molecule has 2 N–H and O–H groups in total. The van der Waals surface area contributed by atoms with E-state index in [-0.39, 0.29) is 12.2 Å². The van der Waals surface area contributed by atoms with Gasteiger partial charge in [-0.3, -0.25) is 0 Å². The second-order valence-electron chi connectivity index (χ2n) is 4.42. The second kappa shape index (κ2) is 5.85. The maximum atomic E-state index is 9.43. The Bertz CT molecular complexity index is 384. The number of benzene rings is 1. The number of rotatable bonds is 5. The third kappa shape index (κ3) is 3.44. The standard InChI is InChI=1S/C13H18BrNO2/c1-2-11(16)7-15-8-12-6-9-5-10(14)3-4-13(9)17-12/h3-5,11-12,15-16H,2,6-8H2,1H3. The number of ether oxygens (including phenoxy) is 1. The highest BCUT2D eigenvalue weighted by atomic mass is 79.9. The van der Waals surface area contributed by atoms with Crippen LogP contribution in [0.4, 0.5) is 0 Å². The Hall–Kier alpha value is -0.580. The summed E-state index contributed by atoms with van der Waals surface area (Å²) in [5, 5.41) is 12.7. The molecule has 0 amide bonds. The van der Waals surface area contributed by atoms with Crippen LogP contribution in [-0.4, -0.2) is 30.4 Å². The number of hydrogen-bond donors (Lipinski definition) is 2. The summed E-state index contributed by atoms with van der Waals surface area (Å²) in [5.74, 6) is 0.982. The first kappa shape index (κ1) is 12.9. The largest absolute Gasteiger partial charge is 0.488 e. The zero-order valence-electron chi connectivity index (χ0n) is 9.95. The van der Waals surface area contributed by atoms with Crippen LogP contribution in [0.15, 0.2) is 22.7 Å². The zero-order valence-corrected chi connectivity index (χ0v) is 11.5. The van der Waals surface area contributed by atoms with Gasteiger partial charge in [0.05, 0.1) is 6.10 Å². The van der Waals surface area contributed by atoms with Crippen molar-refractivity contribution < 1.29 is 9.84 Å². The van der Waals surface area contributed by atoms with Crippen LogP contribution in [0.1, 0.15) is 18.9 Å². The lowest BCUT2D eigenvalue weighted by molar-refractivity contribution is 0.158. The van der Waals surface area contributed by atoms with E-state index >= 15 is 0 Å². The Morgan fingerprint density at radius 1 is 1.59 bits per heavy atom. The summed E-state index contributed by atoms with van der Waals surface area (Å²) in [6, 6.07) is 6.10. The van der Waals surface area contributed by atoms with E-state index in [1.54, 1.807) is 0 Å². The molecule has 17 heavy (non-hydrogen) atoms. The molecule has 0 saturated heterocycles. The molecule has 3 nitrogen and oxygen atoms in total. The highest BCUT2D eigenvalue weighted by Crippen LogP contribution is 2.30. The van der Waals surface area contributed by atoms with Gasteiger partial charge >= 0.3 is 0 Å². The van der Waals surface area contributed by atoms with Gasteiger partial charge in [-0.05, 0) is 30.2 Å². The molecular weight excluding hydrogens is 282 g/mol. The average molecular weight is 300 g/mol. The third-order valence-corrected chi connectivity index (χ3v) is 3.48. The quantitative estimate of drug-likeness (QED) is 0.875. The van der Waals surface area contributed by atoms with Crippen LogP contribution in [-0.2, 0) is 6.42 Å². The lowest BCUT2D eigenvalue weighted by Crippen LogP contribution is -2.34. The Morgan fingerprint density at radius 3 is 3.18 bits per heavy atom. The van der Waals surface area contributed by atoms with Crippen molar-refractivity contribution in [2.75, 3.05) is 13.1 Å². The molecule has 0 spiro atoms. The van der Waals surface area contributed by atoms with Crippen LogP contribution >= 0.6 is 15.9 Å². The summed E-state index contributed by atoms with van der Waals surface area (Å²) >= 11 is 3.46. The van der Waals surface area contributed by atoms with Gasteiger partial charge in [0.15, 0.2) is 0 Å². The third-order valence-electron chi connectivity index (χ3n) is 2.99. The molecule has 0 radical (unpaired) electrons. The maximum absolute atomic E-state index is 9.43. The summed E-state index contributed by atoms with van der Waals surface area (Å²) in [6.45, 7) is 3.39. The normalized spacial score (nSPS) is 19.8. The SMILES string of the molecule is CCC(O)CNCC1Cc2cc(Br)ccc2O1. The average Bonchev–Trinajstić information content (AvgIpc) is 2.70. The van der Waals surface area contributed by atoms with Crippen molar-refractivity contribution >= 4 is 15.9 Å². The number of aliphatic hydroxyl groups excluding tert-OH is 1. The fourth-order valence-electron chi connectivity index (χ4n) is 1.96. The molecule has 94 valence electrons. The molecule has 2 atom stereocenters. The van der Waals surface area contributed by atoms with E-state index in [1.807, 2.05) is 19.1 Å². The molecule has 0 fully saturated rings. The Morgan fingerprint density at radius 2 is 2.41 bits per heavy atom. The predicted octanol–water partition coefficient (Wildman–Crippen LogP) is 2.11. The molecule has 1 aromatic rings. The molecule has 0 saturated carbocycles. The molecule has 2 rings (SSSR count). The smallest absolute Gasteiger partial charge is 0.123 e. The van der Waals surface area contributed by atoms with Gasteiger partial charge in [-0.2, -0.15) is 0 Å². The Kier molecular flexibility index (Phi) is 4.42. The lowest BCUT2D eigenvalue weighted by atomic mass is 10.1. The molecule has 1 heterocycles. The molecule has 1 aliphatic rings. The van der Waals surface area contributed by atoms with Crippen molar-refractivity contribution in [2.24, 2.45) is 0 Å². The Balaban J connectivity index is 1.80. The van der Waals surface area contributed by atoms with Gasteiger partial charge in [-0.15, -0.1) is 0 Å². The number of aliphatic hydroxyl groups is 1. The van der Waals surface area contributed by atoms with Gasteiger partial charge in [-0.25, -0.2) is 0 Å². The summed E-state index contributed by atoms with van der Waals surface area (Å²) in [6.07, 6.45) is 1.65. The monoisotopic (exact) mass is 299 g/mol. The zero-order chi connectivity index (χ0) is 12.3. The van der Waals surface area contributed by atoms with Gasteiger partial charge in [-0.1, -0.05) is 22.9 Å². The van der Waals surface area contributed by atoms with E-state index in [1.165, 1.54) is 5.56 Å². The summed E-state index contributed by atoms with van der Waals surface area (Å²) in [5.41, 5.74) is 1.25. The van der Waals surface area contributed by atoms with Crippen molar-refractivity contribution in [2.45, 2.75) is 32.0 Å². The lowest BCUT2D eigenvalue weighted by Gasteiger charge is -2.13. The van der Waals surface area contributed by atoms with Crippen LogP contribution in [0.3, 0.4) is 0 Å². The molecule has 1 aromatic carbocycles. The minimum absolute atomic E-state index is 0.184. The van der Waals surface area contributed by atoms with Crippen LogP contribution in [0.25, 0.3) is 0 Å². The first-order valence-electron chi connectivity index (χ1n) is 6.03. The predicted molar refractivity (Wildman–Crippen MR) is 71.4 cm³/mol. The van der Waals surface area contributed by atoms with Crippen molar-refractivity contribution in [3.63, 3.8) is 0 Å². The van der Waals surface area contributed by atoms with Crippen molar-refractivity contribution in [1.82, 2.24) is 5.32 Å². The molecule has 4 heteroatoms. The van der Waals surface area contributed by atoms with E-state index in [0.29, 0.717) is 6.54 Å². The number of hydrogen-bond acceptors (Lipinski definition) is 3. The highest BCUT2D eigenvalue weighted by molar-refractivity contribution is 9.10. The van der Waals surface area contributed by atoms with Crippen LogP contribution < -0.4 is 10.1 Å². The van der Waals surface area contributed by atoms with Crippen LogP contribution in [0.5, 0.6) is 5.75 Å². The molecule has 0 aliphatic carbocycles. The molecule has 0 aromatic heterocycles. The Labute approximate surface area is 110 Å². The molecule has 0 bridgehead atoms. The summed E-state index contributed by atoms with van der Waals surface area (Å²) in [4.78, 5) is 0. The minimum atomic E-state index is -0.257. The number of fused-ring (bicyclic) bond motifs is 1. The maximum Gasteiger partial charge on any atom is 0.123 e. The van der Waals surface area contributed by atoms with Crippen molar-refractivity contribution in [3.8, 4) is 5.75 Å². The fraction of sp³-hybridized carbons (Fsp3) is 0.538. The van der Waals surface area contributed by atoms with Crippen molar-refractivity contribution in [1.29, 1.82) is 0 Å². The van der Waals surface area contributed by atoms with E-state index < -0.39 is 0 Å². The number of halogens is 1. The van der Waals surface area contributed by atoms with Gasteiger partial charge in [0.2, 0.25) is 0 Å². The molecule has 1 aliphatic heterocycles. The van der Waals surface area contributed by atoms with Gasteiger partial charge < -0.3 is 15.2 Å². The van der Waals surface area contributed by atoms with E-state index in [2.05, 4.69) is 27.3 Å². The van der Waals surface area contributed by atoms with E-state index in [9.17, 15) is 5.11 Å². The van der Waals surface area contributed by atoms with E-state index in [4.69, 9.17) is 4.74 Å². The van der Waals surface area contributed by atoms with Gasteiger partial charge in [0.25, 0.3) is 0 Å². The summed E-state index contributed by atoms with van der Waals surface area (Å²) < 4.78 is 6.90. The first-order valence-corrected chi connectivity index (χ1v) is 6.82. The summed E-state index contributed by atoms with van der Waals surface area (Å²) in [7, 11) is 0.